The molecule has 1 fully saturated rings. The number of nitrogens with zero attached hydrogens (tertiary/aromatic N) is 2. The third kappa shape index (κ3) is 5.27. The Morgan fingerprint density at radius 2 is 1.95 bits per heavy atom. The first-order valence-corrected chi connectivity index (χ1v) is 13.7. The summed E-state index contributed by atoms with van der Waals surface area (Å²) in [6, 6.07) is 25.5. The summed E-state index contributed by atoms with van der Waals surface area (Å²) >= 11 is 1.61. The Morgan fingerprint density at radius 1 is 1.05 bits per heavy atom. The predicted molar refractivity (Wildman–Crippen MR) is 150 cm³/mol. The van der Waals surface area contributed by atoms with Gasteiger partial charge in [0.05, 0.1) is 29.6 Å². The van der Waals surface area contributed by atoms with Gasteiger partial charge in [-0.15, -0.1) is 0 Å². The fourth-order valence-electron chi connectivity index (χ4n) is 4.94. The molecule has 192 valence electrons. The van der Waals surface area contributed by atoms with E-state index in [1.54, 1.807) is 22.0 Å². The molecule has 2 unspecified atom stereocenters. The van der Waals surface area contributed by atoms with Crippen LogP contribution in [0.25, 0.3) is 22.0 Å². The third-order valence-corrected chi connectivity index (χ3v) is 7.58. The first-order valence-electron chi connectivity index (χ1n) is 12.8. The minimum atomic E-state index is -0.361. The summed E-state index contributed by atoms with van der Waals surface area (Å²) in [4.78, 5) is 18.1. The second-order valence-corrected chi connectivity index (χ2v) is 10.3. The van der Waals surface area contributed by atoms with Crippen LogP contribution in [0.15, 0.2) is 94.4 Å². The molecule has 0 bridgehead atoms. The number of aliphatic hydroxyl groups is 1. The SMILES string of the molecule is O=c1cc(-c2ccsc2)c2ccc(OCc3cccc(C4CC(O)CCO4)n3)cc2n1Cc1ccccc1. The third-order valence-electron chi connectivity index (χ3n) is 6.90. The molecule has 0 saturated carbocycles. The summed E-state index contributed by atoms with van der Waals surface area (Å²) in [5, 5.41) is 15.1. The number of aromatic nitrogens is 2. The highest BCUT2D eigenvalue weighted by Crippen LogP contribution is 2.32. The quantitative estimate of drug-likeness (QED) is 0.284. The number of hydrogen-bond acceptors (Lipinski definition) is 6. The molecule has 2 aromatic carbocycles. The van der Waals surface area contributed by atoms with Crippen molar-refractivity contribution in [2.24, 2.45) is 0 Å². The van der Waals surface area contributed by atoms with E-state index in [0.717, 1.165) is 39.0 Å². The Hall–Kier alpha value is -3.78. The number of ether oxygens (including phenoxy) is 2. The van der Waals surface area contributed by atoms with Crippen LogP contribution in [0.5, 0.6) is 5.75 Å². The summed E-state index contributed by atoms with van der Waals surface area (Å²) < 4.78 is 13.8. The summed E-state index contributed by atoms with van der Waals surface area (Å²) in [5.74, 6) is 0.665. The van der Waals surface area contributed by atoms with Crippen molar-refractivity contribution in [1.82, 2.24) is 9.55 Å². The van der Waals surface area contributed by atoms with Crippen LogP contribution in [0.2, 0.25) is 0 Å². The Kier molecular flexibility index (Phi) is 7.05. The van der Waals surface area contributed by atoms with E-state index >= 15 is 0 Å². The Labute approximate surface area is 224 Å². The molecule has 1 aliphatic rings. The molecule has 2 atom stereocenters. The van der Waals surface area contributed by atoms with E-state index < -0.39 is 0 Å². The number of rotatable bonds is 7. The normalized spacial score (nSPS) is 17.5. The average Bonchev–Trinajstić information content (AvgIpc) is 3.49. The van der Waals surface area contributed by atoms with Crippen LogP contribution in [0.1, 0.15) is 35.9 Å². The van der Waals surface area contributed by atoms with Crippen molar-refractivity contribution in [3.8, 4) is 16.9 Å². The second-order valence-electron chi connectivity index (χ2n) is 9.54. The standard InChI is InChI=1S/C31H28N2O4S/c34-24-11-13-36-30(15-24)28-8-4-7-23(32-28)19-37-25-9-10-26-27(22-12-14-38-20-22)17-31(35)33(29(26)16-25)18-21-5-2-1-3-6-21/h1-10,12,14,16-17,20,24,30,34H,11,13,15,18-19H2. The Bertz CT molecular complexity index is 1600. The van der Waals surface area contributed by atoms with Gasteiger partial charge in [0.1, 0.15) is 18.5 Å². The van der Waals surface area contributed by atoms with E-state index in [1.807, 2.05) is 78.2 Å². The van der Waals surface area contributed by atoms with Gasteiger partial charge in [-0.05, 0) is 64.2 Å². The monoisotopic (exact) mass is 524 g/mol. The number of hydrogen-bond donors (Lipinski definition) is 1. The molecule has 4 heterocycles. The van der Waals surface area contributed by atoms with Crippen LogP contribution in [0, 0.1) is 0 Å². The number of fused-ring (bicyclic) bond motifs is 1. The maximum Gasteiger partial charge on any atom is 0.251 e. The predicted octanol–water partition coefficient (Wildman–Crippen LogP) is 5.96. The van der Waals surface area contributed by atoms with Crippen molar-refractivity contribution in [3.63, 3.8) is 0 Å². The van der Waals surface area contributed by atoms with Crippen molar-refractivity contribution in [3.05, 3.63) is 117 Å². The smallest absolute Gasteiger partial charge is 0.251 e. The zero-order valence-electron chi connectivity index (χ0n) is 20.8. The molecule has 0 radical (unpaired) electrons. The fraction of sp³-hybridized carbons (Fsp3) is 0.226. The zero-order valence-corrected chi connectivity index (χ0v) is 21.6. The molecule has 0 amide bonds. The van der Waals surface area contributed by atoms with Crippen molar-refractivity contribution >= 4 is 22.2 Å². The van der Waals surface area contributed by atoms with Crippen LogP contribution in [-0.2, 0) is 17.9 Å². The Balaban J connectivity index is 1.32. The fourth-order valence-corrected chi connectivity index (χ4v) is 5.59. The zero-order chi connectivity index (χ0) is 25.9. The van der Waals surface area contributed by atoms with Gasteiger partial charge in [-0.2, -0.15) is 11.3 Å². The second kappa shape index (κ2) is 10.9. The number of pyridine rings is 2. The lowest BCUT2D eigenvalue weighted by Gasteiger charge is -2.26. The largest absolute Gasteiger partial charge is 0.487 e. The van der Waals surface area contributed by atoms with Gasteiger partial charge in [-0.1, -0.05) is 36.4 Å². The van der Waals surface area contributed by atoms with Gasteiger partial charge in [-0.25, -0.2) is 0 Å². The maximum atomic E-state index is 13.3. The molecule has 1 saturated heterocycles. The summed E-state index contributed by atoms with van der Waals surface area (Å²) in [6.45, 7) is 1.28. The topological polar surface area (TPSA) is 73.6 Å². The molecule has 6 nitrogen and oxygen atoms in total. The van der Waals surface area contributed by atoms with E-state index in [9.17, 15) is 9.90 Å². The maximum absolute atomic E-state index is 13.3. The van der Waals surface area contributed by atoms with Gasteiger partial charge in [0, 0.05) is 30.5 Å². The van der Waals surface area contributed by atoms with Crippen LogP contribution in [0.3, 0.4) is 0 Å². The highest BCUT2D eigenvalue weighted by molar-refractivity contribution is 7.08. The van der Waals surface area contributed by atoms with E-state index in [0.29, 0.717) is 31.7 Å². The van der Waals surface area contributed by atoms with Gasteiger partial charge in [0.2, 0.25) is 0 Å². The van der Waals surface area contributed by atoms with Crippen LogP contribution >= 0.6 is 11.3 Å². The van der Waals surface area contributed by atoms with E-state index in [4.69, 9.17) is 14.5 Å². The summed E-state index contributed by atoms with van der Waals surface area (Å²) in [6.07, 6.45) is 0.640. The summed E-state index contributed by atoms with van der Waals surface area (Å²) in [7, 11) is 0. The highest BCUT2D eigenvalue weighted by atomic mass is 32.1. The van der Waals surface area contributed by atoms with Crippen molar-refractivity contribution in [2.75, 3.05) is 6.61 Å². The van der Waals surface area contributed by atoms with Crippen LogP contribution in [0.4, 0.5) is 0 Å². The van der Waals surface area contributed by atoms with Gasteiger partial charge in [0.25, 0.3) is 5.56 Å². The first kappa shape index (κ1) is 24.6. The lowest BCUT2D eigenvalue weighted by molar-refractivity contribution is -0.0467. The summed E-state index contributed by atoms with van der Waals surface area (Å²) in [5.41, 5.74) is 5.37. The number of aliphatic hydroxyl groups excluding tert-OH is 1. The molecule has 5 aromatic rings. The van der Waals surface area contributed by atoms with E-state index in [-0.39, 0.29) is 24.4 Å². The molecule has 7 heteroatoms. The lowest BCUT2D eigenvalue weighted by Crippen LogP contribution is -2.24. The van der Waals surface area contributed by atoms with Crippen LogP contribution in [-0.4, -0.2) is 27.4 Å². The molecule has 0 aliphatic carbocycles. The molecule has 1 aliphatic heterocycles. The number of benzene rings is 2. The first-order chi connectivity index (χ1) is 18.6. The highest BCUT2D eigenvalue weighted by Gasteiger charge is 2.23. The minimum Gasteiger partial charge on any atom is -0.487 e. The van der Waals surface area contributed by atoms with E-state index in [1.165, 1.54) is 0 Å². The molecule has 1 N–H and O–H groups in total. The van der Waals surface area contributed by atoms with Crippen molar-refractivity contribution < 1.29 is 14.6 Å². The molecular formula is C31H28N2O4S. The average molecular weight is 525 g/mol. The van der Waals surface area contributed by atoms with Gasteiger partial charge < -0.3 is 19.1 Å². The molecule has 0 spiro atoms. The van der Waals surface area contributed by atoms with Crippen LogP contribution < -0.4 is 10.3 Å². The lowest BCUT2D eigenvalue weighted by atomic mass is 10.0. The van der Waals surface area contributed by atoms with Gasteiger partial charge in [-0.3, -0.25) is 9.78 Å². The molecule has 3 aromatic heterocycles. The molecule has 6 rings (SSSR count). The van der Waals surface area contributed by atoms with Gasteiger partial charge >= 0.3 is 0 Å². The molecular weight excluding hydrogens is 496 g/mol. The van der Waals surface area contributed by atoms with E-state index in [2.05, 4.69) is 5.38 Å². The Morgan fingerprint density at radius 3 is 2.76 bits per heavy atom. The van der Waals surface area contributed by atoms with Crippen molar-refractivity contribution in [2.45, 2.75) is 38.2 Å². The molecule has 38 heavy (non-hydrogen) atoms. The number of thiophene rings is 1. The minimum absolute atomic E-state index is 0.0521. The van der Waals surface area contributed by atoms with Crippen molar-refractivity contribution in [1.29, 1.82) is 0 Å². The van der Waals surface area contributed by atoms with Gasteiger partial charge in [0.15, 0.2) is 0 Å².